The van der Waals surface area contributed by atoms with E-state index in [0.717, 1.165) is 19.4 Å². The molecule has 1 aromatic rings. The van der Waals surface area contributed by atoms with Crippen molar-refractivity contribution in [3.63, 3.8) is 0 Å². The molecular weight excluding hydrogens is 260 g/mol. The molecule has 1 aliphatic rings. The molecule has 1 fully saturated rings. The van der Waals surface area contributed by atoms with Gasteiger partial charge in [-0.25, -0.2) is 0 Å². The standard InChI is InChI=1S/C14H18N2O2S/c1-14(6-3-7-18-14)9-16-13(17)11-5-2-4-10(8-11)12(15)19/h2,4-5,8H,3,6-7,9H2,1H3,(H2,15,19)(H,16,17). The Morgan fingerprint density at radius 1 is 1.53 bits per heavy atom. The summed E-state index contributed by atoms with van der Waals surface area (Å²) in [7, 11) is 0. The molecule has 1 heterocycles. The predicted molar refractivity (Wildman–Crippen MR) is 78.3 cm³/mol. The third kappa shape index (κ3) is 3.52. The van der Waals surface area contributed by atoms with Crippen LogP contribution in [0, 0.1) is 0 Å². The fraction of sp³-hybridized carbons (Fsp3) is 0.429. The molecule has 0 radical (unpaired) electrons. The number of hydrogen-bond acceptors (Lipinski definition) is 3. The molecule has 0 aliphatic carbocycles. The van der Waals surface area contributed by atoms with Crippen LogP contribution in [0.2, 0.25) is 0 Å². The maximum absolute atomic E-state index is 12.1. The second-order valence-corrected chi connectivity index (χ2v) is 5.47. The Bertz CT molecular complexity index is 496. The van der Waals surface area contributed by atoms with Crippen LogP contribution in [-0.2, 0) is 4.74 Å². The summed E-state index contributed by atoms with van der Waals surface area (Å²) in [5, 5.41) is 2.90. The lowest BCUT2D eigenvalue weighted by molar-refractivity contribution is 0.0206. The number of rotatable bonds is 4. The highest BCUT2D eigenvalue weighted by Gasteiger charge is 2.30. The Hall–Kier alpha value is -1.46. The van der Waals surface area contributed by atoms with Crippen molar-refractivity contribution in [3.8, 4) is 0 Å². The van der Waals surface area contributed by atoms with Crippen LogP contribution in [0.1, 0.15) is 35.7 Å². The molecule has 102 valence electrons. The average molecular weight is 278 g/mol. The first-order valence-corrected chi connectivity index (χ1v) is 6.73. The molecule has 0 aromatic heterocycles. The quantitative estimate of drug-likeness (QED) is 0.822. The molecule has 0 bridgehead atoms. The van der Waals surface area contributed by atoms with Crippen molar-refractivity contribution in [3.05, 3.63) is 35.4 Å². The highest BCUT2D eigenvalue weighted by atomic mass is 32.1. The molecule has 4 nitrogen and oxygen atoms in total. The van der Waals surface area contributed by atoms with E-state index in [1.165, 1.54) is 0 Å². The average Bonchev–Trinajstić information content (AvgIpc) is 2.83. The van der Waals surface area contributed by atoms with Gasteiger partial charge in [0, 0.05) is 24.3 Å². The Kier molecular flexibility index (Phi) is 4.17. The van der Waals surface area contributed by atoms with Crippen molar-refractivity contribution >= 4 is 23.1 Å². The molecule has 1 atom stereocenters. The number of carbonyl (C=O) groups is 1. The van der Waals surface area contributed by atoms with Gasteiger partial charge in [0.2, 0.25) is 0 Å². The van der Waals surface area contributed by atoms with Gasteiger partial charge < -0.3 is 15.8 Å². The van der Waals surface area contributed by atoms with E-state index in [4.69, 9.17) is 22.7 Å². The fourth-order valence-corrected chi connectivity index (χ4v) is 2.29. The lowest BCUT2D eigenvalue weighted by Gasteiger charge is -2.23. The van der Waals surface area contributed by atoms with Crippen molar-refractivity contribution in [2.24, 2.45) is 5.73 Å². The third-order valence-electron chi connectivity index (χ3n) is 3.33. The van der Waals surface area contributed by atoms with Gasteiger partial charge in [-0.05, 0) is 31.9 Å². The largest absolute Gasteiger partial charge is 0.389 e. The van der Waals surface area contributed by atoms with E-state index in [2.05, 4.69) is 5.32 Å². The van der Waals surface area contributed by atoms with E-state index in [0.29, 0.717) is 22.7 Å². The van der Waals surface area contributed by atoms with Gasteiger partial charge in [0.05, 0.1) is 5.60 Å². The van der Waals surface area contributed by atoms with Crippen molar-refractivity contribution in [2.45, 2.75) is 25.4 Å². The molecule has 0 spiro atoms. The van der Waals surface area contributed by atoms with Crippen LogP contribution in [-0.4, -0.2) is 29.6 Å². The van der Waals surface area contributed by atoms with Gasteiger partial charge in [-0.1, -0.05) is 24.4 Å². The molecule has 1 unspecified atom stereocenters. The number of nitrogens with two attached hydrogens (primary N) is 1. The molecule has 0 saturated carbocycles. The zero-order chi connectivity index (χ0) is 13.9. The molecule has 3 N–H and O–H groups in total. The molecule has 5 heteroatoms. The summed E-state index contributed by atoms with van der Waals surface area (Å²) in [6.45, 7) is 3.30. The minimum Gasteiger partial charge on any atom is -0.389 e. The predicted octanol–water partition coefficient (Wildman–Crippen LogP) is 1.62. The SMILES string of the molecule is CC1(CNC(=O)c2cccc(C(N)=S)c2)CCCO1. The van der Waals surface area contributed by atoms with Gasteiger partial charge in [0.15, 0.2) is 0 Å². The number of hydrogen-bond donors (Lipinski definition) is 2. The monoisotopic (exact) mass is 278 g/mol. The maximum atomic E-state index is 12.1. The molecule has 1 amide bonds. The van der Waals surface area contributed by atoms with Crippen LogP contribution in [0.25, 0.3) is 0 Å². The van der Waals surface area contributed by atoms with Crippen LogP contribution in [0.15, 0.2) is 24.3 Å². The molecule has 19 heavy (non-hydrogen) atoms. The van der Waals surface area contributed by atoms with E-state index in [-0.39, 0.29) is 11.5 Å². The third-order valence-corrected chi connectivity index (χ3v) is 3.57. The van der Waals surface area contributed by atoms with Crippen molar-refractivity contribution in [2.75, 3.05) is 13.2 Å². The number of thiocarbonyl (C=S) groups is 1. The summed E-state index contributed by atoms with van der Waals surface area (Å²) in [5.41, 5.74) is 6.58. The molecule has 1 aromatic carbocycles. The van der Waals surface area contributed by atoms with E-state index in [1.54, 1.807) is 24.3 Å². The highest BCUT2D eigenvalue weighted by Crippen LogP contribution is 2.23. The highest BCUT2D eigenvalue weighted by molar-refractivity contribution is 7.80. The first-order chi connectivity index (χ1) is 9.00. The summed E-state index contributed by atoms with van der Waals surface area (Å²) in [6, 6.07) is 7.02. The Labute approximate surface area is 118 Å². The first-order valence-electron chi connectivity index (χ1n) is 6.32. The molecule has 1 aliphatic heterocycles. The van der Waals surface area contributed by atoms with E-state index >= 15 is 0 Å². The Balaban J connectivity index is 1.99. The normalized spacial score (nSPS) is 22.2. The van der Waals surface area contributed by atoms with Crippen LogP contribution in [0.3, 0.4) is 0 Å². The van der Waals surface area contributed by atoms with Gasteiger partial charge in [-0.15, -0.1) is 0 Å². The topological polar surface area (TPSA) is 64.4 Å². The maximum Gasteiger partial charge on any atom is 0.251 e. The van der Waals surface area contributed by atoms with E-state index in [9.17, 15) is 4.79 Å². The summed E-state index contributed by atoms with van der Waals surface area (Å²) in [6.07, 6.45) is 2.02. The number of benzene rings is 1. The second-order valence-electron chi connectivity index (χ2n) is 5.03. The van der Waals surface area contributed by atoms with Crippen molar-refractivity contribution in [1.82, 2.24) is 5.32 Å². The smallest absolute Gasteiger partial charge is 0.251 e. The van der Waals surface area contributed by atoms with Crippen LogP contribution in [0.5, 0.6) is 0 Å². The number of nitrogens with one attached hydrogen (secondary N) is 1. The van der Waals surface area contributed by atoms with Crippen LogP contribution in [0.4, 0.5) is 0 Å². The van der Waals surface area contributed by atoms with E-state index < -0.39 is 0 Å². The summed E-state index contributed by atoms with van der Waals surface area (Å²) >= 11 is 4.90. The van der Waals surface area contributed by atoms with Crippen molar-refractivity contribution in [1.29, 1.82) is 0 Å². The van der Waals surface area contributed by atoms with Crippen molar-refractivity contribution < 1.29 is 9.53 Å². The number of ether oxygens (including phenoxy) is 1. The van der Waals surface area contributed by atoms with Gasteiger partial charge in [-0.3, -0.25) is 4.79 Å². The fourth-order valence-electron chi connectivity index (χ4n) is 2.16. The van der Waals surface area contributed by atoms with Gasteiger partial charge in [0.1, 0.15) is 4.99 Å². The van der Waals surface area contributed by atoms with Gasteiger partial charge in [0.25, 0.3) is 5.91 Å². The zero-order valence-corrected chi connectivity index (χ0v) is 11.8. The summed E-state index contributed by atoms with van der Waals surface area (Å²) in [5.74, 6) is -0.130. The van der Waals surface area contributed by atoms with Crippen LogP contribution >= 0.6 is 12.2 Å². The minimum atomic E-state index is -0.240. The van der Waals surface area contributed by atoms with E-state index in [1.807, 2.05) is 6.92 Å². The first kappa shape index (κ1) is 14.0. The van der Waals surface area contributed by atoms with Gasteiger partial charge in [-0.2, -0.15) is 0 Å². The lowest BCUT2D eigenvalue weighted by Crippen LogP contribution is -2.40. The molecular formula is C14H18N2O2S. The lowest BCUT2D eigenvalue weighted by atomic mass is 10.0. The molecule has 1 saturated heterocycles. The number of amides is 1. The van der Waals surface area contributed by atoms with Crippen LogP contribution < -0.4 is 11.1 Å². The minimum absolute atomic E-state index is 0.130. The Morgan fingerprint density at radius 3 is 2.89 bits per heavy atom. The Morgan fingerprint density at radius 2 is 2.26 bits per heavy atom. The zero-order valence-electron chi connectivity index (χ0n) is 10.9. The van der Waals surface area contributed by atoms with Gasteiger partial charge >= 0.3 is 0 Å². The second kappa shape index (κ2) is 5.67. The summed E-state index contributed by atoms with van der Waals surface area (Å²) in [4.78, 5) is 12.4. The summed E-state index contributed by atoms with van der Waals surface area (Å²) < 4.78 is 5.63. The molecule has 2 rings (SSSR count). The number of carbonyl (C=O) groups excluding carboxylic acids is 1.